The number of nitrogens with zero attached hydrogens (tertiary/aromatic N) is 2. The second-order valence-electron chi connectivity index (χ2n) is 4.23. The van der Waals surface area contributed by atoms with Gasteiger partial charge in [-0.25, -0.2) is 13.8 Å². The Hall–Kier alpha value is -2.04. The monoisotopic (exact) mass is 264 g/mol. The number of aromatic nitrogens is 2. The molecule has 0 spiro atoms. The predicted molar refractivity (Wildman–Crippen MR) is 66.9 cm³/mol. The fraction of sp³-hybridized carbons (Fsp3) is 0.286. The van der Waals surface area contributed by atoms with Crippen molar-refractivity contribution >= 4 is 5.78 Å². The molecule has 0 fully saturated rings. The lowest BCUT2D eigenvalue weighted by molar-refractivity contribution is 0.0981. The Morgan fingerprint density at radius 2 is 2.00 bits per heavy atom. The van der Waals surface area contributed by atoms with Crippen LogP contribution in [0, 0.1) is 11.6 Å². The van der Waals surface area contributed by atoms with Crippen LogP contribution in [0.4, 0.5) is 8.78 Å². The third kappa shape index (κ3) is 2.86. The Balaban J connectivity index is 2.24. The highest BCUT2D eigenvalue weighted by Gasteiger charge is 2.19. The minimum Gasteiger partial charge on any atom is -0.335 e. The lowest BCUT2D eigenvalue weighted by Crippen LogP contribution is -2.13. The van der Waals surface area contributed by atoms with E-state index in [-0.39, 0.29) is 6.42 Å². The molecule has 100 valence electrons. The minimum atomic E-state index is -0.835. The van der Waals surface area contributed by atoms with Crippen molar-refractivity contribution in [2.24, 2.45) is 0 Å². The van der Waals surface area contributed by atoms with E-state index in [0.29, 0.717) is 5.82 Å². The summed E-state index contributed by atoms with van der Waals surface area (Å²) in [5.74, 6) is -1.74. The van der Waals surface area contributed by atoms with Crippen LogP contribution in [0.15, 0.2) is 30.6 Å². The summed E-state index contributed by atoms with van der Waals surface area (Å²) in [4.78, 5) is 16.0. The highest BCUT2D eigenvalue weighted by atomic mass is 19.1. The molecule has 2 rings (SSSR count). The maximum Gasteiger partial charge on any atom is 0.176 e. The van der Waals surface area contributed by atoms with Gasteiger partial charge in [0.15, 0.2) is 5.78 Å². The summed E-state index contributed by atoms with van der Waals surface area (Å²) in [6.07, 6.45) is 4.12. The fourth-order valence-electron chi connectivity index (χ4n) is 1.95. The maximum atomic E-state index is 13.5. The standard InChI is InChI=1S/C14H14F2N2O/c1-2-7-18-8-6-17-13(18)9-12(19)14-10(15)4-3-5-11(14)16/h3-6,8H,2,7,9H2,1H3. The number of rotatable bonds is 5. The Labute approximate surface area is 109 Å². The molecule has 0 unspecified atom stereocenters. The number of aryl methyl sites for hydroxylation is 1. The van der Waals surface area contributed by atoms with Crippen molar-refractivity contribution in [2.75, 3.05) is 0 Å². The van der Waals surface area contributed by atoms with E-state index in [1.807, 2.05) is 11.5 Å². The van der Waals surface area contributed by atoms with Crippen LogP contribution < -0.4 is 0 Å². The topological polar surface area (TPSA) is 34.9 Å². The molecule has 1 aromatic carbocycles. The molecule has 0 bridgehead atoms. The summed E-state index contributed by atoms with van der Waals surface area (Å²) in [5, 5.41) is 0. The number of ketones is 1. The maximum absolute atomic E-state index is 13.5. The molecule has 2 aromatic rings. The van der Waals surface area contributed by atoms with Gasteiger partial charge in [0.25, 0.3) is 0 Å². The van der Waals surface area contributed by atoms with Crippen LogP contribution in [0.5, 0.6) is 0 Å². The highest BCUT2D eigenvalue weighted by Crippen LogP contribution is 2.15. The first-order valence-corrected chi connectivity index (χ1v) is 6.10. The molecule has 1 aromatic heterocycles. The van der Waals surface area contributed by atoms with Crippen molar-refractivity contribution in [1.29, 1.82) is 0 Å². The van der Waals surface area contributed by atoms with Crippen molar-refractivity contribution in [1.82, 2.24) is 9.55 Å². The van der Waals surface area contributed by atoms with E-state index in [1.54, 1.807) is 12.4 Å². The van der Waals surface area contributed by atoms with Gasteiger partial charge in [-0.05, 0) is 18.6 Å². The van der Waals surface area contributed by atoms with Crippen molar-refractivity contribution in [2.45, 2.75) is 26.3 Å². The first-order valence-electron chi connectivity index (χ1n) is 6.10. The second-order valence-corrected chi connectivity index (χ2v) is 4.23. The van der Waals surface area contributed by atoms with E-state index in [4.69, 9.17) is 0 Å². The molecule has 0 aliphatic heterocycles. The summed E-state index contributed by atoms with van der Waals surface area (Å²) in [6, 6.07) is 3.39. The third-order valence-electron chi connectivity index (χ3n) is 2.83. The van der Waals surface area contributed by atoms with Gasteiger partial charge in [-0.1, -0.05) is 13.0 Å². The lowest BCUT2D eigenvalue weighted by Gasteiger charge is -2.07. The van der Waals surface area contributed by atoms with E-state index in [1.165, 1.54) is 6.07 Å². The van der Waals surface area contributed by atoms with E-state index in [2.05, 4.69) is 4.98 Å². The Kier molecular flexibility index (Phi) is 4.04. The van der Waals surface area contributed by atoms with E-state index in [9.17, 15) is 13.6 Å². The zero-order valence-electron chi connectivity index (χ0n) is 10.6. The molecule has 0 amide bonds. The first-order chi connectivity index (χ1) is 9.13. The van der Waals surface area contributed by atoms with Crippen LogP contribution >= 0.6 is 0 Å². The molecular weight excluding hydrogens is 250 g/mol. The van der Waals surface area contributed by atoms with Gasteiger partial charge in [-0.15, -0.1) is 0 Å². The van der Waals surface area contributed by atoms with Crippen molar-refractivity contribution < 1.29 is 13.6 Å². The summed E-state index contributed by atoms with van der Waals surface area (Å²) in [5.41, 5.74) is -0.492. The minimum absolute atomic E-state index is 0.106. The van der Waals surface area contributed by atoms with Crippen LogP contribution in [0.3, 0.4) is 0 Å². The molecule has 0 saturated carbocycles. The normalized spacial score (nSPS) is 10.7. The van der Waals surface area contributed by atoms with Gasteiger partial charge in [-0.3, -0.25) is 4.79 Å². The Morgan fingerprint density at radius 1 is 1.32 bits per heavy atom. The number of halogens is 2. The molecule has 0 radical (unpaired) electrons. The number of Topliss-reactive ketones (excluding diaryl/α,β-unsaturated/α-hetero) is 1. The largest absolute Gasteiger partial charge is 0.335 e. The number of imidazole rings is 1. The summed E-state index contributed by atoms with van der Waals surface area (Å²) in [7, 11) is 0. The van der Waals surface area contributed by atoms with Crippen LogP contribution in [0.25, 0.3) is 0 Å². The quantitative estimate of drug-likeness (QED) is 0.778. The molecule has 3 nitrogen and oxygen atoms in total. The molecule has 0 saturated heterocycles. The van der Waals surface area contributed by atoms with E-state index < -0.39 is 23.0 Å². The van der Waals surface area contributed by atoms with Crippen LogP contribution in [0.2, 0.25) is 0 Å². The fourth-order valence-corrected chi connectivity index (χ4v) is 1.95. The Morgan fingerprint density at radius 3 is 2.63 bits per heavy atom. The van der Waals surface area contributed by atoms with Crippen LogP contribution in [-0.2, 0) is 13.0 Å². The molecule has 0 N–H and O–H groups in total. The van der Waals surface area contributed by atoms with Crippen LogP contribution in [0.1, 0.15) is 29.5 Å². The number of carbonyl (C=O) groups is 1. The number of hydrogen-bond acceptors (Lipinski definition) is 2. The van der Waals surface area contributed by atoms with Crippen molar-refractivity contribution in [3.63, 3.8) is 0 Å². The summed E-state index contributed by atoms with van der Waals surface area (Å²) >= 11 is 0. The second kappa shape index (κ2) is 5.73. The predicted octanol–water partition coefficient (Wildman–Crippen LogP) is 3.00. The van der Waals surface area contributed by atoms with Gasteiger partial charge in [0.05, 0.1) is 12.0 Å². The molecule has 19 heavy (non-hydrogen) atoms. The molecule has 5 heteroatoms. The van der Waals surface area contributed by atoms with E-state index in [0.717, 1.165) is 25.1 Å². The molecule has 1 heterocycles. The number of carbonyl (C=O) groups excluding carboxylic acids is 1. The third-order valence-corrected chi connectivity index (χ3v) is 2.83. The highest BCUT2D eigenvalue weighted by molar-refractivity contribution is 5.97. The molecule has 0 aliphatic rings. The number of benzene rings is 1. The van der Waals surface area contributed by atoms with Crippen molar-refractivity contribution in [3.8, 4) is 0 Å². The van der Waals surface area contributed by atoms with Gasteiger partial charge in [0.2, 0.25) is 0 Å². The number of hydrogen-bond donors (Lipinski definition) is 0. The average Bonchev–Trinajstić information content (AvgIpc) is 2.77. The molecular formula is C14H14F2N2O. The molecule has 0 aliphatic carbocycles. The van der Waals surface area contributed by atoms with Crippen molar-refractivity contribution in [3.05, 3.63) is 53.6 Å². The SMILES string of the molecule is CCCn1ccnc1CC(=O)c1c(F)cccc1F. The first kappa shape index (κ1) is 13.4. The summed E-state index contributed by atoms with van der Waals surface area (Å²) in [6.45, 7) is 2.73. The zero-order chi connectivity index (χ0) is 13.8. The van der Waals surface area contributed by atoms with Gasteiger partial charge in [-0.2, -0.15) is 0 Å². The van der Waals surface area contributed by atoms with Gasteiger partial charge < -0.3 is 4.57 Å². The Bertz CT molecular complexity index is 573. The zero-order valence-corrected chi connectivity index (χ0v) is 10.6. The molecule has 0 atom stereocenters. The smallest absolute Gasteiger partial charge is 0.176 e. The van der Waals surface area contributed by atoms with Gasteiger partial charge in [0.1, 0.15) is 17.5 Å². The van der Waals surface area contributed by atoms with Gasteiger partial charge in [0, 0.05) is 18.9 Å². The average molecular weight is 264 g/mol. The lowest BCUT2D eigenvalue weighted by atomic mass is 10.1. The van der Waals surface area contributed by atoms with E-state index >= 15 is 0 Å². The van der Waals surface area contributed by atoms with Crippen LogP contribution in [-0.4, -0.2) is 15.3 Å². The van der Waals surface area contributed by atoms with Gasteiger partial charge >= 0.3 is 0 Å². The summed E-state index contributed by atoms with van der Waals surface area (Å²) < 4.78 is 28.8.